The summed E-state index contributed by atoms with van der Waals surface area (Å²) in [5, 5.41) is 1.14. The van der Waals surface area contributed by atoms with E-state index in [0.717, 1.165) is 30.0 Å². The van der Waals surface area contributed by atoms with Gasteiger partial charge in [-0.3, -0.25) is 0 Å². The SMILES string of the molecule is BrCCC1CCCN(CC2CCOc3ccccc32)C1. The highest BCUT2D eigenvalue weighted by Crippen LogP contribution is 2.34. The molecular weight excluding hydrogens is 314 g/mol. The molecule has 3 rings (SSSR count). The van der Waals surface area contributed by atoms with Crippen molar-refractivity contribution in [3.8, 4) is 5.75 Å². The third-order valence-electron chi connectivity index (χ3n) is 4.68. The molecule has 0 saturated carbocycles. The minimum atomic E-state index is 0.655. The van der Waals surface area contributed by atoms with Crippen LogP contribution < -0.4 is 4.74 Å². The molecular formula is C17H24BrNO. The Hall–Kier alpha value is -0.540. The van der Waals surface area contributed by atoms with E-state index in [-0.39, 0.29) is 0 Å². The molecule has 1 aromatic carbocycles. The maximum atomic E-state index is 5.78. The Morgan fingerprint density at radius 1 is 1.25 bits per heavy atom. The van der Waals surface area contributed by atoms with Gasteiger partial charge in [-0.1, -0.05) is 34.1 Å². The third-order valence-corrected chi connectivity index (χ3v) is 5.14. The summed E-state index contributed by atoms with van der Waals surface area (Å²) in [5.41, 5.74) is 1.42. The van der Waals surface area contributed by atoms with E-state index in [4.69, 9.17) is 4.74 Å². The molecule has 0 aliphatic carbocycles. The van der Waals surface area contributed by atoms with Crippen LogP contribution in [-0.2, 0) is 0 Å². The zero-order valence-electron chi connectivity index (χ0n) is 12.1. The van der Waals surface area contributed by atoms with Crippen molar-refractivity contribution in [1.29, 1.82) is 0 Å². The minimum absolute atomic E-state index is 0.655. The molecule has 0 spiro atoms. The second-order valence-electron chi connectivity index (χ2n) is 6.12. The standard InChI is InChI=1S/C17H24BrNO/c18-9-7-14-4-3-10-19(12-14)13-15-8-11-20-17-6-2-1-5-16(15)17/h1-2,5-6,14-15H,3-4,7-13H2. The summed E-state index contributed by atoms with van der Waals surface area (Å²) in [4.78, 5) is 2.68. The lowest BCUT2D eigenvalue weighted by Crippen LogP contribution is -2.39. The highest BCUT2D eigenvalue weighted by molar-refractivity contribution is 9.09. The van der Waals surface area contributed by atoms with Gasteiger partial charge in [-0.2, -0.15) is 0 Å². The fourth-order valence-electron chi connectivity index (χ4n) is 3.62. The van der Waals surface area contributed by atoms with E-state index in [1.54, 1.807) is 0 Å². The van der Waals surface area contributed by atoms with Gasteiger partial charge >= 0.3 is 0 Å². The lowest BCUT2D eigenvalue weighted by molar-refractivity contribution is 0.150. The van der Waals surface area contributed by atoms with Crippen LogP contribution in [0.2, 0.25) is 0 Å². The van der Waals surface area contributed by atoms with Crippen molar-refractivity contribution in [2.24, 2.45) is 5.92 Å². The van der Waals surface area contributed by atoms with Gasteiger partial charge in [0.1, 0.15) is 5.75 Å². The number of alkyl halides is 1. The van der Waals surface area contributed by atoms with E-state index in [1.807, 2.05) is 0 Å². The van der Waals surface area contributed by atoms with Crippen molar-refractivity contribution in [2.75, 3.05) is 31.6 Å². The van der Waals surface area contributed by atoms with Crippen LogP contribution in [0.4, 0.5) is 0 Å². The number of ether oxygens (including phenoxy) is 1. The van der Waals surface area contributed by atoms with Gasteiger partial charge in [0, 0.05) is 24.3 Å². The molecule has 0 aromatic heterocycles. The zero-order chi connectivity index (χ0) is 13.8. The van der Waals surface area contributed by atoms with Gasteiger partial charge < -0.3 is 9.64 Å². The second-order valence-corrected chi connectivity index (χ2v) is 6.91. The number of hydrogen-bond acceptors (Lipinski definition) is 2. The molecule has 0 bridgehead atoms. The maximum Gasteiger partial charge on any atom is 0.122 e. The largest absolute Gasteiger partial charge is 0.493 e. The van der Waals surface area contributed by atoms with Crippen molar-refractivity contribution < 1.29 is 4.74 Å². The fraction of sp³-hybridized carbons (Fsp3) is 0.647. The summed E-state index contributed by atoms with van der Waals surface area (Å²) >= 11 is 3.59. The molecule has 2 nitrogen and oxygen atoms in total. The van der Waals surface area contributed by atoms with Gasteiger partial charge in [0.15, 0.2) is 0 Å². The summed E-state index contributed by atoms with van der Waals surface area (Å²) in [6, 6.07) is 8.59. The predicted molar refractivity (Wildman–Crippen MR) is 86.9 cm³/mol. The minimum Gasteiger partial charge on any atom is -0.493 e. The molecule has 1 saturated heterocycles. The fourth-order valence-corrected chi connectivity index (χ4v) is 4.27. The van der Waals surface area contributed by atoms with Gasteiger partial charge in [0.25, 0.3) is 0 Å². The number of rotatable bonds is 4. The van der Waals surface area contributed by atoms with Crippen molar-refractivity contribution in [1.82, 2.24) is 4.90 Å². The normalized spacial score (nSPS) is 26.9. The highest BCUT2D eigenvalue weighted by Gasteiger charge is 2.26. The number of fused-ring (bicyclic) bond motifs is 1. The second kappa shape index (κ2) is 6.95. The van der Waals surface area contributed by atoms with Gasteiger partial charge in [0.2, 0.25) is 0 Å². The topological polar surface area (TPSA) is 12.5 Å². The van der Waals surface area contributed by atoms with Gasteiger partial charge in [-0.25, -0.2) is 0 Å². The average molecular weight is 338 g/mol. The lowest BCUT2D eigenvalue weighted by Gasteiger charge is -2.36. The third kappa shape index (κ3) is 3.37. The monoisotopic (exact) mass is 337 g/mol. The van der Waals surface area contributed by atoms with Crippen molar-refractivity contribution in [3.05, 3.63) is 29.8 Å². The first-order chi connectivity index (χ1) is 9.86. The van der Waals surface area contributed by atoms with Crippen LogP contribution in [0.15, 0.2) is 24.3 Å². The molecule has 2 unspecified atom stereocenters. The van der Waals surface area contributed by atoms with E-state index >= 15 is 0 Å². The Kier molecular flexibility index (Phi) is 5.00. The average Bonchev–Trinajstić information content (AvgIpc) is 2.48. The lowest BCUT2D eigenvalue weighted by atomic mass is 9.90. The molecule has 1 aromatic rings. The van der Waals surface area contributed by atoms with Crippen LogP contribution in [0.25, 0.3) is 0 Å². The van der Waals surface area contributed by atoms with Gasteiger partial charge in [-0.15, -0.1) is 0 Å². The van der Waals surface area contributed by atoms with Gasteiger partial charge in [0.05, 0.1) is 6.61 Å². The van der Waals surface area contributed by atoms with E-state index in [1.165, 1.54) is 44.5 Å². The van der Waals surface area contributed by atoms with Crippen molar-refractivity contribution in [2.45, 2.75) is 31.6 Å². The summed E-state index contributed by atoms with van der Waals surface area (Å²) in [7, 11) is 0. The van der Waals surface area contributed by atoms with Crippen LogP contribution in [0.1, 0.15) is 37.2 Å². The van der Waals surface area contributed by atoms with E-state index < -0.39 is 0 Å². The van der Waals surface area contributed by atoms with Gasteiger partial charge in [-0.05, 0) is 49.8 Å². The first kappa shape index (κ1) is 14.4. The molecule has 2 atom stereocenters. The molecule has 0 amide bonds. The Morgan fingerprint density at radius 2 is 2.15 bits per heavy atom. The zero-order valence-corrected chi connectivity index (χ0v) is 13.6. The van der Waals surface area contributed by atoms with Crippen molar-refractivity contribution in [3.63, 3.8) is 0 Å². The molecule has 3 heteroatoms. The summed E-state index contributed by atoms with van der Waals surface area (Å²) < 4.78 is 5.78. The molecule has 20 heavy (non-hydrogen) atoms. The Bertz CT molecular complexity index is 435. The molecule has 2 heterocycles. The Balaban J connectivity index is 1.63. The summed E-state index contributed by atoms with van der Waals surface area (Å²) in [6.07, 6.45) is 5.26. The van der Waals surface area contributed by atoms with E-state index in [2.05, 4.69) is 45.1 Å². The number of benzene rings is 1. The number of hydrogen-bond donors (Lipinski definition) is 0. The molecule has 0 radical (unpaired) electrons. The molecule has 2 aliphatic rings. The first-order valence-electron chi connectivity index (χ1n) is 7.87. The van der Waals surface area contributed by atoms with Crippen LogP contribution in [0.5, 0.6) is 5.75 Å². The van der Waals surface area contributed by atoms with Crippen LogP contribution >= 0.6 is 15.9 Å². The number of halogens is 1. The first-order valence-corrected chi connectivity index (χ1v) is 8.99. The summed E-state index contributed by atoms with van der Waals surface area (Å²) in [6.45, 7) is 4.64. The number of piperidine rings is 1. The summed E-state index contributed by atoms with van der Waals surface area (Å²) in [5.74, 6) is 2.65. The number of para-hydroxylation sites is 1. The van der Waals surface area contributed by atoms with Crippen LogP contribution in [-0.4, -0.2) is 36.5 Å². The van der Waals surface area contributed by atoms with Crippen LogP contribution in [0.3, 0.4) is 0 Å². The van der Waals surface area contributed by atoms with E-state index in [9.17, 15) is 0 Å². The highest BCUT2D eigenvalue weighted by atomic mass is 79.9. The molecule has 110 valence electrons. The Labute approximate surface area is 130 Å². The predicted octanol–water partition coefficient (Wildman–Crippen LogP) is 4.05. The number of likely N-dealkylation sites (tertiary alicyclic amines) is 1. The van der Waals surface area contributed by atoms with Crippen LogP contribution in [0, 0.1) is 5.92 Å². The molecule has 2 aliphatic heterocycles. The maximum absolute atomic E-state index is 5.78. The quantitative estimate of drug-likeness (QED) is 0.768. The smallest absolute Gasteiger partial charge is 0.122 e. The Morgan fingerprint density at radius 3 is 3.05 bits per heavy atom. The van der Waals surface area contributed by atoms with Crippen molar-refractivity contribution >= 4 is 15.9 Å². The molecule has 1 fully saturated rings. The van der Waals surface area contributed by atoms with E-state index in [0.29, 0.717) is 5.92 Å². The molecule has 0 N–H and O–H groups in total. The number of nitrogens with zero attached hydrogens (tertiary/aromatic N) is 1.